The quantitative estimate of drug-likeness (QED) is 0.732. The van der Waals surface area contributed by atoms with Crippen molar-refractivity contribution < 1.29 is 4.42 Å². The van der Waals surface area contributed by atoms with Crippen LogP contribution in [0.3, 0.4) is 0 Å². The molecule has 2 nitrogen and oxygen atoms in total. The van der Waals surface area contributed by atoms with Crippen molar-refractivity contribution in [3.8, 4) is 0 Å². The van der Waals surface area contributed by atoms with Gasteiger partial charge in [0, 0.05) is 11.9 Å². The van der Waals surface area contributed by atoms with E-state index in [4.69, 9.17) is 4.42 Å². The molecule has 0 saturated heterocycles. The van der Waals surface area contributed by atoms with Crippen molar-refractivity contribution in [2.24, 2.45) is 0 Å². The monoisotopic (exact) mass is 203 g/mol. The highest BCUT2D eigenvalue weighted by molar-refractivity contribution is 5.29. The minimum Gasteiger partial charge on any atom is -0.464 e. The second kappa shape index (κ2) is 3.61. The van der Waals surface area contributed by atoms with E-state index in [-0.39, 0.29) is 0 Å². The highest BCUT2D eigenvalue weighted by Crippen LogP contribution is 2.17. The highest BCUT2D eigenvalue weighted by Gasteiger charge is 2.07. The summed E-state index contributed by atoms with van der Waals surface area (Å²) < 4.78 is 7.81. The van der Waals surface area contributed by atoms with Gasteiger partial charge >= 0.3 is 0 Å². The minimum atomic E-state index is 0.828. The SMILES string of the molecule is Cc1ccc(Cn2cc(C)c(C)c2C)o1. The van der Waals surface area contributed by atoms with Crippen LogP contribution in [0.25, 0.3) is 0 Å². The Labute approximate surface area is 90.5 Å². The van der Waals surface area contributed by atoms with Gasteiger partial charge in [-0.2, -0.15) is 0 Å². The maximum Gasteiger partial charge on any atom is 0.123 e. The Kier molecular flexibility index (Phi) is 2.43. The number of rotatable bonds is 2. The molecule has 0 aliphatic rings. The summed E-state index contributed by atoms with van der Waals surface area (Å²) in [5.41, 5.74) is 4.04. The van der Waals surface area contributed by atoms with Gasteiger partial charge < -0.3 is 8.98 Å². The number of furan rings is 1. The predicted octanol–water partition coefficient (Wildman–Crippen LogP) is 3.36. The average molecular weight is 203 g/mol. The van der Waals surface area contributed by atoms with E-state index in [0.717, 1.165) is 18.1 Å². The van der Waals surface area contributed by atoms with Crippen LogP contribution in [-0.2, 0) is 6.54 Å². The van der Waals surface area contributed by atoms with E-state index in [2.05, 4.69) is 31.5 Å². The molecule has 0 unspecified atom stereocenters. The molecule has 0 amide bonds. The second-order valence-corrected chi connectivity index (χ2v) is 4.16. The number of hydrogen-bond donors (Lipinski definition) is 0. The summed E-state index contributed by atoms with van der Waals surface area (Å²) in [7, 11) is 0. The molecule has 2 aromatic rings. The maximum absolute atomic E-state index is 5.57. The number of aryl methyl sites for hydroxylation is 2. The molecule has 2 heterocycles. The molecule has 2 heteroatoms. The third-order valence-electron chi connectivity index (χ3n) is 3.04. The lowest BCUT2D eigenvalue weighted by Crippen LogP contribution is -1.99. The number of nitrogens with zero attached hydrogens (tertiary/aromatic N) is 1. The van der Waals surface area contributed by atoms with Gasteiger partial charge in [0.05, 0.1) is 6.54 Å². The molecular weight excluding hydrogens is 186 g/mol. The molecule has 0 aromatic carbocycles. The first-order chi connectivity index (χ1) is 7.08. The summed E-state index contributed by atoms with van der Waals surface area (Å²) >= 11 is 0. The Morgan fingerprint density at radius 1 is 1.13 bits per heavy atom. The molecule has 2 rings (SSSR count). The third-order valence-corrected chi connectivity index (χ3v) is 3.04. The van der Waals surface area contributed by atoms with E-state index in [9.17, 15) is 0 Å². The standard InChI is InChI=1S/C13H17NO/c1-9-7-14(12(4)11(9)3)8-13-6-5-10(2)15-13/h5-7H,8H2,1-4H3. The third kappa shape index (κ3) is 1.84. The minimum absolute atomic E-state index is 0.828. The van der Waals surface area contributed by atoms with Gasteiger partial charge in [0.1, 0.15) is 11.5 Å². The van der Waals surface area contributed by atoms with Crippen molar-refractivity contribution >= 4 is 0 Å². The van der Waals surface area contributed by atoms with Gasteiger partial charge in [-0.05, 0) is 51.0 Å². The van der Waals surface area contributed by atoms with Crippen LogP contribution in [-0.4, -0.2) is 4.57 Å². The van der Waals surface area contributed by atoms with Crippen molar-refractivity contribution in [2.75, 3.05) is 0 Å². The van der Waals surface area contributed by atoms with Gasteiger partial charge in [-0.1, -0.05) is 0 Å². The molecule has 80 valence electrons. The summed E-state index contributed by atoms with van der Waals surface area (Å²) in [5.74, 6) is 1.99. The smallest absolute Gasteiger partial charge is 0.123 e. The van der Waals surface area contributed by atoms with Crippen LogP contribution in [0.1, 0.15) is 28.3 Å². The summed E-state index contributed by atoms with van der Waals surface area (Å²) in [6.45, 7) is 9.26. The van der Waals surface area contributed by atoms with E-state index in [0.29, 0.717) is 0 Å². The fourth-order valence-electron chi connectivity index (χ4n) is 1.83. The zero-order valence-electron chi connectivity index (χ0n) is 9.79. The van der Waals surface area contributed by atoms with Crippen LogP contribution >= 0.6 is 0 Å². The highest BCUT2D eigenvalue weighted by atomic mass is 16.3. The van der Waals surface area contributed by atoms with E-state index >= 15 is 0 Å². The zero-order chi connectivity index (χ0) is 11.0. The van der Waals surface area contributed by atoms with Gasteiger partial charge in [0.25, 0.3) is 0 Å². The Morgan fingerprint density at radius 2 is 1.87 bits per heavy atom. The van der Waals surface area contributed by atoms with Crippen molar-refractivity contribution in [1.82, 2.24) is 4.57 Å². The molecule has 0 bridgehead atoms. The van der Waals surface area contributed by atoms with Crippen LogP contribution in [0, 0.1) is 27.7 Å². The first kappa shape index (κ1) is 10.1. The normalized spacial score (nSPS) is 10.9. The number of hydrogen-bond acceptors (Lipinski definition) is 1. The summed E-state index contributed by atoms with van der Waals surface area (Å²) in [6.07, 6.45) is 2.18. The van der Waals surface area contributed by atoms with Gasteiger partial charge in [-0.25, -0.2) is 0 Å². The first-order valence-corrected chi connectivity index (χ1v) is 5.26. The van der Waals surface area contributed by atoms with Crippen LogP contribution in [0.4, 0.5) is 0 Å². The second-order valence-electron chi connectivity index (χ2n) is 4.16. The molecular formula is C13H17NO. The van der Waals surface area contributed by atoms with Gasteiger partial charge in [-0.15, -0.1) is 0 Å². The molecule has 0 spiro atoms. The van der Waals surface area contributed by atoms with Gasteiger partial charge in [0.15, 0.2) is 0 Å². The van der Waals surface area contributed by atoms with Crippen molar-refractivity contribution in [3.63, 3.8) is 0 Å². The Bertz CT molecular complexity index is 477. The molecule has 0 saturated carbocycles. The number of aromatic nitrogens is 1. The van der Waals surface area contributed by atoms with Crippen LogP contribution in [0.2, 0.25) is 0 Å². The predicted molar refractivity (Wildman–Crippen MR) is 61.2 cm³/mol. The molecule has 0 radical (unpaired) electrons. The largest absolute Gasteiger partial charge is 0.464 e. The van der Waals surface area contributed by atoms with E-state index in [1.807, 2.05) is 19.1 Å². The average Bonchev–Trinajstić information content (AvgIpc) is 2.68. The lowest BCUT2D eigenvalue weighted by Gasteiger charge is -2.03. The molecule has 0 N–H and O–H groups in total. The molecule has 0 fully saturated rings. The van der Waals surface area contributed by atoms with Crippen molar-refractivity contribution in [2.45, 2.75) is 34.2 Å². The fourth-order valence-corrected chi connectivity index (χ4v) is 1.83. The first-order valence-electron chi connectivity index (χ1n) is 5.26. The molecule has 2 aromatic heterocycles. The van der Waals surface area contributed by atoms with Crippen molar-refractivity contribution in [1.29, 1.82) is 0 Å². The topological polar surface area (TPSA) is 18.1 Å². The maximum atomic E-state index is 5.57. The summed E-state index contributed by atoms with van der Waals surface area (Å²) in [4.78, 5) is 0. The van der Waals surface area contributed by atoms with E-state index < -0.39 is 0 Å². The molecule has 0 atom stereocenters. The zero-order valence-corrected chi connectivity index (χ0v) is 9.79. The van der Waals surface area contributed by atoms with E-state index in [1.165, 1.54) is 16.8 Å². The van der Waals surface area contributed by atoms with Crippen molar-refractivity contribution in [3.05, 3.63) is 46.7 Å². The molecule has 0 aliphatic heterocycles. The lowest BCUT2D eigenvalue weighted by atomic mass is 10.2. The lowest BCUT2D eigenvalue weighted by molar-refractivity contribution is 0.468. The fraction of sp³-hybridized carbons (Fsp3) is 0.385. The summed E-state index contributed by atoms with van der Waals surface area (Å²) in [5, 5.41) is 0. The molecule has 15 heavy (non-hydrogen) atoms. The Morgan fingerprint density at radius 3 is 2.33 bits per heavy atom. The Balaban J connectivity index is 2.28. The van der Waals surface area contributed by atoms with E-state index in [1.54, 1.807) is 0 Å². The van der Waals surface area contributed by atoms with Gasteiger partial charge in [-0.3, -0.25) is 0 Å². The van der Waals surface area contributed by atoms with Crippen LogP contribution in [0.5, 0.6) is 0 Å². The van der Waals surface area contributed by atoms with Crippen LogP contribution in [0.15, 0.2) is 22.7 Å². The van der Waals surface area contributed by atoms with Gasteiger partial charge in [0.2, 0.25) is 0 Å². The Hall–Kier alpha value is -1.44. The molecule has 0 aliphatic carbocycles. The summed E-state index contributed by atoms with van der Waals surface area (Å²) in [6, 6.07) is 4.05. The van der Waals surface area contributed by atoms with Crippen LogP contribution < -0.4 is 0 Å².